The van der Waals surface area contributed by atoms with Crippen LogP contribution in [0.25, 0.3) is 0 Å². The lowest BCUT2D eigenvalue weighted by Gasteiger charge is -2.30. The number of phenols is 2. The third kappa shape index (κ3) is 4.75. The van der Waals surface area contributed by atoms with E-state index in [9.17, 15) is 10.2 Å². The standard InChI is InChI=1S/C24H22I4O2/c1-23(2,15-9-17(25)21(29)18(26)10-15)13-5-7-14(8-6-13)24(3,4)16-11-19(27)22(30)20(28)12-16/h5-12,29-30H,1-4H3. The van der Waals surface area contributed by atoms with Gasteiger partial charge in [-0.3, -0.25) is 0 Å². The first-order valence-electron chi connectivity index (χ1n) is 9.33. The molecule has 0 aliphatic heterocycles. The topological polar surface area (TPSA) is 40.5 Å². The Balaban J connectivity index is 1.99. The van der Waals surface area contributed by atoms with Crippen molar-refractivity contribution >= 4 is 90.4 Å². The van der Waals surface area contributed by atoms with Gasteiger partial charge in [-0.15, -0.1) is 0 Å². The van der Waals surface area contributed by atoms with Crippen LogP contribution in [0.2, 0.25) is 0 Å². The lowest BCUT2D eigenvalue weighted by atomic mass is 9.74. The van der Waals surface area contributed by atoms with Crippen LogP contribution in [0.5, 0.6) is 11.5 Å². The van der Waals surface area contributed by atoms with Crippen LogP contribution in [0, 0.1) is 14.3 Å². The summed E-state index contributed by atoms with van der Waals surface area (Å²) < 4.78 is 3.49. The highest BCUT2D eigenvalue weighted by molar-refractivity contribution is 14.1. The van der Waals surface area contributed by atoms with E-state index in [4.69, 9.17) is 0 Å². The molecule has 0 saturated carbocycles. The Morgan fingerprint density at radius 3 is 0.967 bits per heavy atom. The van der Waals surface area contributed by atoms with Crippen molar-refractivity contribution in [2.45, 2.75) is 38.5 Å². The quantitative estimate of drug-likeness (QED) is 0.261. The minimum absolute atomic E-state index is 0.181. The first kappa shape index (κ1) is 24.8. The zero-order chi connectivity index (χ0) is 22.4. The van der Waals surface area contributed by atoms with Gasteiger partial charge in [-0.05, 0) is 137 Å². The third-order valence-electron chi connectivity index (χ3n) is 5.81. The molecule has 0 atom stereocenters. The molecule has 0 radical (unpaired) electrons. The molecular formula is C24H22I4O2. The normalized spacial score (nSPS) is 12.3. The summed E-state index contributed by atoms with van der Waals surface area (Å²) in [5, 5.41) is 20.3. The van der Waals surface area contributed by atoms with E-state index >= 15 is 0 Å². The van der Waals surface area contributed by atoms with E-state index in [1.165, 1.54) is 22.3 Å². The molecule has 0 spiro atoms. The molecule has 3 rings (SSSR count). The lowest BCUT2D eigenvalue weighted by molar-refractivity contribution is 0.466. The summed E-state index contributed by atoms with van der Waals surface area (Å²) in [4.78, 5) is 0. The van der Waals surface area contributed by atoms with Gasteiger partial charge in [-0.1, -0.05) is 52.0 Å². The minimum Gasteiger partial charge on any atom is -0.506 e. The van der Waals surface area contributed by atoms with Gasteiger partial charge in [0.2, 0.25) is 0 Å². The van der Waals surface area contributed by atoms with Gasteiger partial charge >= 0.3 is 0 Å². The van der Waals surface area contributed by atoms with Crippen molar-refractivity contribution in [3.8, 4) is 11.5 Å². The van der Waals surface area contributed by atoms with Crippen molar-refractivity contribution in [2.24, 2.45) is 0 Å². The molecule has 0 unspecified atom stereocenters. The smallest absolute Gasteiger partial charge is 0.142 e. The fraction of sp³-hybridized carbons (Fsp3) is 0.250. The molecule has 3 aromatic carbocycles. The largest absolute Gasteiger partial charge is 0.506 e. The summed E-state index contributed by atoms with van der Waals surface area (Å²) >= 11 is 8.76. The molecule has 0 heterocycles. The number of aromatic hydroxyl groups is 2. The predicted octanol–water partition coefficient (Wildman–Crippen LogP) is 8.17. The molecule has 0 aromatic heterocycles. The summed E-state index contributed by atoms with van der Waals surface area (Å²) in [7, 11) is 0. The van der Waals surface area contributed by atoms with E-state index in [0.717, 1.165) is 14.3 Å². The molecule has 158 valence electrons. The van der Waals surface area contributed by atoms with Crippen LogP contribution in [0.4, 0.5) is 0 Å². The van der Waals surface area contributed by atoms with Gasteiger partial charge in [0.15, 0.2) is 0 Å². The summed E-state index contributed by atoms with van der Waals surface area (Å²) in [5.41, 5.74) is 4.47. The second kappa shape index (κ2) is 9.20. The van der Waals surface area contributed by atoms with Crippen molar-refractivity contribution in [3.63, 3.8) is 0 Å². The fourth-order valence-corrected chi connectivity index (χ4v) is 7.03. The van der Waals surface area contributed by atoms with Crippen LogP contribution >= 0.6 is 90.4 Å². The van der Waals surface area contributed by atoms with E-state index < -0.39 is 0 Å². The van der Waals surface area contributed by atoms with Gasteiger partial charge in [0.25, 0.3) is 0 Å². The number of hydrogen-bond donors (Lipinski definition) is 2. The molecule has 0 aliphatic rings. The highest BCUT2D eigenvalue weighted by Gasteiger charge is 2.28. The Morgan fingerprint density at radius 2 is 0.733 bits per heavy atom. The molecule has 0 fully saturated rings. The molecule has 0 saturated heterocycles. The average molecular weight is 850 g/mol. The van der Waals surface area contributed by atoms with E-state index in [1.54, 1.807) is 0 Å². The highest BCUT2D eigenvalue weighted by Crippen LogP contribution is 2.40. The van der Waals surface area contributed by atoms with Crippen LogP contribution in [0.1, 0.15) is 49.9 Å². The van der Waals surface area contributed by atoms with Crippen molar-refractivity contribution in [3.05, 3.63) is 85.1 Å². The van der Waals surface area contributed by atoms with E-state index in [-0.39, 0.29) is 10.8 Å². The van der Waals surface area contributed by atoms with Gasteiger partial charge in [0.1, 0.15) is 11.5 Å². The Morgan fingerprint density at radius 1 is 0.500 bits per heavy atom. The maximum atomic E-state index is 10.1. The van der Waals surface area contributed by atoms with Crippen LogP contribution < -0.4 is 0 Å². The van der Waals surface area contributed by atoms with Crippen molar-refractivity contribution < 1.29 is 10.2 Å². The van der Waals surface area contributed by atoms with E-state index in [0.29, 0.717) is 11.5 Å². The SMILES string of the molecule is CC(C)(c1ccc(C(C)(C)c2cc(I)c(O)c(I)c2)cc1)c1cc(I)c(O)c(I)c1. The maximum absolute atomic E-state index is 10.1. The Bertz CT molecular complexity index is 968. The van der Waals surface area contributed by atoms with Crippen LogP contribution in [-0.4, -0.2) is 10.2 Å². The molecule has 2 N–H and O–H groups in total. The van der Waals surface area contributed by atoms with Crippen molar-refractivity contribution in [1.29, 1.82) is 0 Å². The molecular weight excluding hydrogens is 828 g/mol. The second-order valence-electron chi connectivity index (χ2n) is 8.40. The third-order valence-corrected chi connectivity index (χ3v) is 9.09. The van der Waals surface area contributed by atoms with E-state index in [2.05, 4.69) is 167 Å². The average Bonchev–Trinajstić information content (AvgIpc) is 2.69. The van der Waals surface area contributed by atoms with Crippen LogP contribution in [0.3, 0.4) is 0 Å². The summed E-state index contributed by atoms with van der Waals surface area (Å²) in [5.74, 6) is 0.706. The van der Waals surface area contributed by atoms with E-state index in [1.807, 2.05) is 0 Å². The number of phenolic OH excluding ortho intramolecular Hbond substituents is 2. The Hall–Kier alpha value is 0.180. The minimum atomic E-state index is -0.181. The Labute approximate surface area is 232 Å². The van der Waals surface area contributed by atoms with Gasteiger partial charge in [0, 0.05) is 10.8 Å². The van der Waals surface area contributed by atoms with Gasteiger partial charge < -0.3 is 10.2 Å². The Kier molecular flexibility index (Phi) is 7.61. The zero-order valence-electron chi connectivity index (χ0n) is 17.0. The number of hydrogen-bond acceptors (Lipinski definition) is 2. The van der Waals surface area contributed by atoms with Gasteiger partial charge in [0.05, 0.1) is 14.3 Å². The monoisotopic (exact) mass is 850 g/mol. The summed E-state index contributed by atoms with van der Waals surface area (Å²) in [6.07, 6.45) is 0. The van der Waals surface area contributed by atoms with Crippen LogP contribution in [-0.2, 0) is 10.8 Å². The van der Waals surface area contributed by atoms with Gasteiger partial charge in [-0.2, -0.15) is 0 Å². The molecule has 0 bridgehead atoms. The molecule has 30 heavy (non-hydrogen) atoms. The van der Waals surface area contributed by atoms with Crippen LogP contribution in [0.15, 0.2) is 48.5 Å². The first-order chi connectivity index (χ1) is 13.9. The molecule has 6 heteroatoms. The lowest BCUT2D eigenvalue weighted by Crippen LogP contribution is -2.22. The predicted molar refractivity (Wildman–Crippen MR) is 158 cm³/mol. The number of rotatable bonds is 4. The second-order valence-corrected chi connectivity index (χ2v) is 13.1. The van der Waals surface area contributed by atoms with Gasteiger partial charge in [-0.25, -0.2) is 0 Å². The first-order valence-corrected chi connectivity index (χ1v) is 13.6. The summed E-state index contributed by atoms with van der Waals surface area (Å²) in [6, 6.07) is 17.1. The molecule has 2 nitrogen and oxygen atoms in total. The highest BCUT2D eigenvalue weighted by atomic mass is 127. The van der Waals surface area contributed by atoms with Crippen molar-refractivity contribution in [1.82, 2.24) is 0 Å². The zero-order valence-corrected chi connectivity index (χ0v) is 25.7. The number of benzene rings is 3. The maximum Gasteiger partial charge on any atom is 0.142 e. The van der Waals surface area contributed by atoms with Crippen molar-refractivity contribution in [2.75, 3.05) is 0 Å². The molecule has 0 aliphatic carbocycles. The fourth-order valence-electron chi connectivity index (χ4n) is 3.49. The molecule has 0 amide bonds. The summed E-state index contributed by atoms with van der Waals surface area (Å²) in [6.45, 7) is 8.87. The molecule has 3 aromatic rings. The number of halogens is 4.